The number of thiocarbonyl (C=S) groups is 1. The number of imidazole rings is 1. The number of hydrogen-bond acceptors (Lipinski definition) is 7. The van der Waals surface area contributed by atoms with Crippen LogP contribution in [0, 0.1) is 6.92 Å². The molecular formula is C26H32N6O2S2. The number of nitrogens with one attached hydrogen (secondary N) is 1. The molecule has 1 N–H and O–H groups in total. The van der Waals surface area contributed by atoms with E-state index in [9.17, 15) is 9.59 Å². The van der Waals surface area contributed by atoms with E-state index in [0.29, 0.717) is 39.3 Å². The number of hydrogen-bond donors (Lipinski definition) is 1. The number of aromatic nitrogens is 4. The summed E-state index contributed by atoms with van der Waals surface area (Å²) in [4.78, 5) is 37.6. The Morgan fingerprint density at radius 2 is 1.94 bits per heavy atom. The van der Waals surface area contributed by atoms with Crippen molar-refractivity contribution in [3.05, 3.63) is 63.4 Å². The van der Waals surface area contributed by atoms with Gasteiger partial charge in [0.15, 0.2) is 0 Å². The number of pyridine rings is 1. The number of thioether (sulfide) groups is 1. The minimum Gasteiger partial charge on any atom is -0.369 e. The highest BCUT2D eigenvalue weighted by Gasteiger charge is 2.32. The predicted octanol–water partition coefficient (Wildman–Crippen LogP) is 4.87. The first kappa shape index (κ1) is 26.1. The van der Waals surface area contributed by atoms with Gasteiger partial charge in [0, 0.05) is 38.2 Å². The number of carbonyl (C=O) groups is 1. The van der Waals surface area contributed by atoms with Crippen molar-refractivity contribution in [1.29, 1.82) is 0 Å². The van der Waals surface area contributed by atoms with Crippen LogP contribution in [0.4, 0.5) is 5.82 Å². The van der Waals surface area contributed by atoms with Crippen LogP contribution in [0.5, 0.6) is 0 Å². The highest BCUT2D eigenvalue weighted by atomic mass is 32.2. The SMILES string of the molecule is CCCCCCCN1C(=O)/C(=C/c2c(NCCCn3ccnc3)nc3c(C)cccn3c2=O)SC1=S. The molecule has 3 aromatic heterocycles. The van der Waals surface area contributed by atoms with E-state index in [0.717, 1.165) is 37.8 Å². The highest BCUT2D eigenvalue weighted by molar-refractivity contribution is 8.26. The van der Waals surface area contributed by atoms with Crippen molar-refractivity contribution in [3.63, 3.8) is 0 Å². The third kappa shape index (κ3) is 6.04. The number of anilines is 1. The first-order valence-electron chi connectivity index (χ1n) is 12.5. The lowest BCUT2D eigenvalue weighted by Crippen LogP contribution is -2.29. The fourth-order valence-corrected chi connectivity index (χ4v) is 5.45. The number of fused-ring (bicyclic) bond motifs is 1. The molecule has 1 saturated heterocycles. The van der Waals surface area contributed by atoms with Gasteiger partial charge in [-0.1, -0.05) is 62.7 Å². The summed E-state index contributed by atoms with van der Waals surface area (Å²) in [6.45, 7) is 6.13. The Hall–Kier alpha value is -2.98. The molecule has 0 unspecified atom stereocenters. The van der Waals surface area contributed by atoms with Gasteiger partial charge in [-0.2, -0.15) is 0 Å². The Bertz CT molecular complexity index is 1320. The zero-order valence-corrected chi connectivity index (χ0v) is 22.4. The van der Waals surface area contributed by atoms with E-state index in [-0.39, 0.29) is 11.5 Å². The average Bonchev–Trinajstić information content (AvgIpc) is 3.48. The van der Waals surface area contributed by atoms with Crippen LogP contribution in [0.25, 0.3) is 11.7 Å². The molecule has 1 amide bonds. The Morgan fingerprint density at radius 1 is 1.11 bits per heavy atom. The minimum atomic E-state index is -0.217. The van der Waals surface area contributed by atoms with Crippen molar-refractivity contribution in [2.75, 3.05) is 18.4 Å². The smallest absolute Gasteiger partial charge is 0.267 e. The fraction of sp³-hybridized carbons (Fsp3) is 0.423. The van der Waals surface area contributed by atoms with E-state index < -0.39 is 0 Å². The van der Waals surface area contributed by atoms with E-state index in [4.69, 9.17) is 17.2 Å². The lowest BCUT2D eigenvalue weighted by atomic mass is 10.1. The Labute approximate surface area is 220 Å². The van der Waals surface area contributed by atoms with Gasteiger partial charge in [0.1, 0.15) is 15.8 Å². The molecular weight excluding hydrogens is 492 g/mol. The minimum absolute atomic E-state index is 0.139. The molecule has 36 heavy (non-hydrogen) atoms. The van der Waals surface area contributed by atoms with Crippen LogP contribution >= 0.6 is 24.0 Å². The van der Waals surface area contributed by atoms with Gasteiger partial charge >= 0.3 is 0 Å². The topological polar surface area (TPSA) is 84.5 Å². The van der Waals surface area contributed by atoms with Gasteiger partial charge in [-0.05, 0) is 37.5 Å². The summed E-state index contributed by atoms with van der Waals surface area (Å²) in [5.74, 6) is 0.338. The summed E-state index contributed by atoms with van der Waals surface area (Å²) >= 11 is 6.75. The standard InChI is InChI=1S/C26H32N6O2S2/c1-3-4-5-6-7-14-32-25(34)21(36-26(32)35)17-20-22(28-11-9-13-30-16-12-27-18-30)29-23-19(2)10-8-15-31(23)24(20)33/h8,10,12,15-18,28H,3-7,9,11,13-14H2,1-2H3/b21-17-. The number of amides is 1. The molecule has 4 rings (SSSR count). The summed E-state index contributed by atoms with van der Waals surface area (Å²) in [5.41, 5.74) is 1.64. The van der Waals surface area contributed by atoms with Crippen LogP contribution in [-0.2, 0) is 11.3 Å². The van der Waals surface area contributed by atoms with Crippen molar-refractivity contribution in [2.45, 2.75) is 58.9 Å². The van der Waals surface area contributed by atoms with Crippen LogP contribution in [0.1, 0.15) is 56.6 Å². The zero-order valence-electron chi connectivity index (χ0n) is 20.8. The molecule has 0 atom stereocenters. The van der Waals surface area contributed by atoms with Gasteiger partial charge in [-0.25, -0.2) is 9.97 Å². The lowest BCUT2D eigenvalue weighted by molar-refractivity contribution is -0.122. The van der Waals surface area contributed by atoms with Gasteiger partial charge < -0.3 is 9.88 Å². The molecule has 10 heteroatoms. The first-order chi connectivity index (χ1) is 17.5. The third-order valence-corrected chi connectivity index (χ3v) is 7.54. The first-order valence-corrected chi connectivity index (χ1v) is 13.7. The Balaban J connectivity index is 1.57. The summed E-state index contributed by atoms with van der Waals surface area (Å²) in [6, 6.07) is 3.75. The molecule has 0 aliphatic carbocycles. The molecule has 0 aromatic carbocycles. The van der Waals surface area contributed by atoms with Crippen LogP contribution in [0.3, 0.4) is 0 Å². The monoisotopic (exact) mass is 524 g/mol. The molecule has 0 spiro atoms. The van der Waals surface area contributed by atoms with Crippen LogP contribution in [0.2, 0.25) is 0 Å². The Kier molecular flexibility index (Phi) is 8.93. The summed E-state index contributed by atoms with van der Waals surface area (Å²) < 4.78 is 4.08. The van der Waals surface area contributed by atoms with Gasteiger partial charge in [0.05, 0.1) is 16.8 Å². The second kappa shape index (κ2) is 12.3. The summed E-state index contributed by atoms with van der Waals surface area (Å²) in [5, 5.41) is 3.33. The quantitative estimate of drug-likeness (QED) is 0.205. The van der Waals surface area contributed by atoms with E-state index >= 15 is 0 Å². The molecule has 0 saturated carbocycles. The lowest BCUT2D eigenvalue weighted by Gasteiger charge is -2.14. The molecule has 1 aliphatic rings. The molecule has 1 fully saturated rings. The van der Waals surface area contributed by atoms with E-state index in [1.807, 2.05) is 29.8 Å². The molecule has 0 bridgehead atoms. The average molecular weight is 525 g/mol. The number of carbonyl (C=O) groups excluding carboxylic acids is 1. The number of rotatable bonds is 12. The van der Waals surface area contributed by atoms with E-state index in [1.165, 1.54) is 29.0 Å². The van der Waals surface area contributed by atoms with E-state index in [1.54, 1.807) is 29.7 Å². The van der Waals surface area contributed by atoms with E-state index in [2.05, 4.69) is 17.2 Å². The molecule has 8 nitrogen and oxygen atoms in total. The number of unbranched alkanes of at least 4 members (excludes halogenated alkanes) is 4. The second-order valence-corrected chi connectivity index (χ2v) is 10.6. The third-order valence-electron chi connectivity index (χ3n) is 6.16. The van der Waals surface area contributed by atoms with Crippen molar-refractivity contribution >= 4 is 51.7 Å². The summed E-state index contributed by atoms with van der Waals surface area (Å²) in [7, 11) is 0. The molecule has 0 radical (unpaired) electrons. The highest BCUT2D eigenvalue weighted by Crippen LogP contribution is 2.33. The molecule has 4 heterocycles. The Morgan fingerprint density at radius 3 is 2.72 bits per heavy atom. The van der Waals surface area contributed by atoms with Gasteiger partial charge in [0.2, 0.25) is 0 Å². The van der Waals surface area contributed by atoms with Crippen LogP contribution < -0.4 is 10.9 Å². The maximum Gasteiger partial charge on any atom is 0.267 e. The molecule has 1 aliphatic heterocycles. The van der Waals surface area contributed by atoms with Crippen molar-refractivity contribution in [1.82, 2.24) is 23.8 Å². The number of nitrogens with zero attached hydrogens (tertiary/aromatic N) is 5. The molecule has 3 aromatic rings. The maximum atomic E-state index is 13.5. The largest absolute Gasteiger partial charge is 0.369 e. The van der Waals surface area contributed by atoms with Crippen LogP contribution in [-0.4, -0.2) is 47.2 Å². The van der Waals surface area contributed by atoms with Crippen molar-refractivity contribution in [2.24, 2.45) is 0 Å². The van der Waals surface area contributed by atoms with Gasteiger partial charge in [0.25, 0.3) is 11.5 Å². The fourth-order valence-electron chi connectivity index (χ4n) is 4.16. The van der Waals surface area contributed by atoms with Crippen molar-refractivity contribution in [3.8, 4) is 0 Å². The molecule has 190 valence electrons. The van der Waals surface area contributed by atoms with Crippen LogP contribution in [0.15, 0.2) is 46.8 Å². The second-order valence-electron chi connectivity index (χ2n) is 8.89. The maximum absolute atomic E-state index is 13.5. The zero-order chi connectivity index (χ0) is 25.5. The van der Waals surface area contributed by atoms with Gasteiger partial charge in [-0.3, -0.25) is 18.9 Å². The van der Waals surface area contributed by atoms with Crippen molar-refractivity contribution < 1.29 is 4.79 Å². The number of aryl methyl sites for hydroxylation is 2. The predicted molar refractivity (Wildman–Crippen MR) is 150 cm³/mol. The summed E-state index contributed by atoms with van der Waals surface area (Å²) in [6.07, 6.45) is 15.2. The normalized spacial score (nSPS) is 14.9. The van der Waals surface area contributed by atoms with Gasteiger partial charge in [-0.15, -0.1) is 0 Å².